The molecule has 1 heterocycles. The van der Waals surface area contributed by atoms with E-state index < -0.39 is 24.0 Å². The molecule has 0 saturated carbocycles. The quantitative estimate of drug-likeness (QED) is 0.727. The fourth-order valence-electron chi connectivity index (χ4n) is 1.81. The maximum absolute atomic E-state index is 12.8. The molecule has 0 aromatic rings. The predicted molar refractivity (Wildman–Crippen MR) is 49.4 cm³/mol. The van der Waals surface area contributed by atoms with Crippen molar-refractivity contribution in [1.29, 1.82) is 0 Å². The standard InChI is InChI=1S/C9H13F5N2O/c1-5-4-6(15)2-3-16(5)7(17)8(10,11)9(12,13)14/h5-6H,2-4,15H2,1H3. The second-order valence-electron chi connectivity index (χ2n) is 4.20. The van der Waals surface area contributed by atoms with Crippen LogP contribution in [0.5, 0.6) is 0 Å². The Morgan fingerprint density at radius 3 is 2.24 bits per heavy atom. The van der Waals surface area contributed by atoms with Crippen LogP contribution in [0.15, 0.2) is 0 Å². The zero-order valence-corrected chi connectivity index (χ0v) is 9.10. The Labute approximate surface area is 94.7 Å². The SMILES string of the molecule is CC1CC(N)CCN1C(=O)C(F)(F)C(F)(F)F. The van der Waals surface area contributed by atoms with E-state index in [2.05, 4.69) is 0 Å². The summed E-state index contributed by atoms with van der Waals surface area (Å²) in [6, 6.07) is -0.979. The van der Waals surface area contributed by atoms with Crippen molar-refractivity contribution in [2.24, 2.45) is 5.73 Å². The summed E-state index contributed by atoms with van der Waals surface area (Å²) in [5, 5.41) is 0. The lowest BCUT2D eigenvalue weighted by Crippen LogP contribution is -2.57. The topological polar surface area (TPSA) is 46.3 Å². The van der Waals surface area contributed by atoms with Gasteiger partial charge < -0.3 is 10.6 Å². The van der Waals surface area contributed by atoms with Crippen LogP contribution in [0.2, 0.25) is 0 Å². The van der Waals surface area contributed by atoms with Crippen LogP contribution in [0.1, 0.15) is 19.8 Å². The van der Waals surface area contributed by atoms with Crippen LogP contribution in [0.3, 0.4) is 0 Å². The molecule has 2 unspecified atom stereocenters. The van der Waals surface area contributed by atoms with Crippen molar-refractivity contribution in [3.8, 4) is 0 Å². The van der Waals surface area contributed by atoms with Crippen LogP contribution < -0.4 is 5.73 Å². The van der Waals surface area contributed by atoms with Crippen LogP contribution >= 0.6 is 0 Å². The molecule has 1 aliphatic heterocycles. The third-order valence-electron chi connectivity index (χ3n) is 2.80. The van der Waals surface area contributed by atoms with Gasteiger partial charge in [0.05, 0.1) is 0 Å². The van der Waals surface area contributed by atoms with Gasteiger partial charge in [-0.05, 0) is 19.8 Å². The highest BCUT2D eigenvalue weighted by Gasteiger charge is 2.65. The van der Waals surface area contributed by atoms with Crippen molar-refractivity contribution < 1.29 is 26.7 Å². The summed E-state index contributed by atoms with van der Waals surface area (Å²) < 4.78 is 61.7. The third-order valence-corrected chi connectivity index (χ3v) is 2.80. The summed E-state index contributed by atoms with van der Waals surface area (Å²) in [6.07, 6.45) is -5.41. The first-order valence-corrected chi connectivity index (χ1v) is 5.08. The molecule has 17 heavy (non-hydrogen) atoms. The number of alkyl halides is 5. The monoisotopic (exact) mass is 260 g/mol. The van der Waals surface area contributed by atoms with Gasteiger partial charge in [0.1, 0.15) is 0 Å². The fourth-order valence-corrected chi connectivity index (χ4v) is 1.81. The minimum atomic E-state index is -5.86. The molecule has 1 amide bonds. The van der Waals surface area contributed by atoms with Crippen molar-refractivity contribution in [3.63, 3.8) is 0 Å². The van der Waals surface area contributed by atoms with Gasteiger partial charge in [-0.1, -0.05) is 0 Å². The molecule has 0 spiro atoms. The van der Waals surface area contributed by atoms with Crippen LogP contribution in [0.4, 0.5) is 22.0 Å². The summed E-state index contributed by atoms with van der Waals surface area (Å²) in [5.41, 5.74) is 5.53. The third kappa shape index (κ3) is 2.67. The molecule has 2 N–H and O–H groups in total. The fraction of sp³-hybridized carbons (Fsp3) is 0.889. The molecule has 100 valence electrons. The summed E-state index contributed by atoms with van der Waals surface area (Å²) >= 11 is 0. The minimum absolute atomic E-state index is 0.174. The van der Waals surface area contributed by atoms with E-state index in [1.165, 1.54) is 6.92 Å². The van der Waals surface area contributed by atoms with Gasteiger partial charge in [-0.25, -0.2) is 0 Å². The molecular formula is C9H13F5N2O. The van der Waals surface area contributed by atoms with Crippen LogP contribution in [0, 0.1) is 0 Å². The second-order valence-corrected chi connectivity index (χ2v) is 4.20. The summed E-state index contributed by atoms with van der Waals surface area (Å²) in [4.78, 5) is 11.8. The predicted octanol–water partition coefficient (Wildman–Crippen LogP) is 1.52. The lowest BCUT2D eigenvalue weighted by atomic mass is 9.98. The first-order valence-electron chi connectivity index (χ1n) is 5.08. The lowest BCUT2D eigenvalue weighted by molar-refractivity contribution is -0.275. The number of nitrogens with zero attached hydrogens (tertiary/aromatic N) is 1. The van der Waals surface area contributed by atoms with E-state index in [1.807, 2.05) is 0 Å². The average molecular weight is 260 g/mol. The number of hydrogen-bond acceptors (Lipinski definition) is 2. The molecule has 0 aromatic carbocycles. The summed E-state index contributed by atoms with van der Waals surface area (Å²) in [5.74, 6) is -7.52. The normalized spacial score (nSPS) is 27.1. The van der Waals surface area contributed by atoms with Gasteiger partial charge in [-0.2, -0.15) is 22.0 Å². The molecule has 8 heteroatoms. The zero-order valence-electron chi connectivity index (χ0n) is 9.10. The summed E-state index contributed by atoms with van der Waals surface area (Å²) in [6.45, 7) is 1.23. The van der Waals surface area contributed by atoms with Crippen molar-refractivity contribution in [2.45, 2.75) is 43.9 Å². The molecule has 1 aliphatic rings. The van der Waals surface area contributed by atoms with Crippen molar-refractivity contribution in [1.82, 2.24) is 4.90 Å². The van der Waals surface area contributed by atoms with E-state index in [-0.39, 0.29) is 25.4 Å². The molecule has 1 rings (SSSR count). The number of nitrogens with two attached hydrogens (primary N) is 1. The maximum Gasteiger partial charge on any atom is 0.463 e. The van der Waals surface area contributed by atoms with E-state index >= 15 is 0 Å². The first-order chi connectivity index (χ1) is 7.57. The van der Waals surface area contributed by atoms with E-state index in [9.17, 15) is 26.7 Å². The number of piperidine rings is 1. The van der Waals surface area contributed by atoms with Gasteiger partial charge in [-0.3, -0.25) is 4.79 Å². The maximum atomic E-state index is 12.8. The Bertz CT molecular complexity index is 304. The molecule has 1 saturated heterocycles. The highest BCUT2D eigenvalue weighted by molar-refractivity contribution is 5.84. The van der Waals surface area contributed by atoms with E-state index in [0.29, 0.717) is 4.90 Å². The van der Waals surface area contributed by atoms with Crippen molar-refractivity contribution in [3.05, 3.63) is 0 Å². The summed E-state index contributed by atoms with van der Waals surface area (Å²) in [7, 11) is 0. The Morgan fingerprint density at radius 2 is 1.82 bits per heavy atom. The highest BCUT2D eigenvalue weighted by Crippen LogP contribution is 2.38. The molecule has 0 aliphatic carbocycles. The Kier molecular flexibility index (Phi) is 3.66. The van der Waals surface area contributed by atoms with Gasteiger partial charge in [0.25, 0.3) is 0 Å². The van der Waals surface area contributed by atoms with Crippen LogP contribution in [0.25, 0.3) is 0 Å². The van der Waals surface area contributed by atoms with Crippen molar-refractivity contribution >= 4 is 5.91 Å². The van der Waals surface area contributed by atoms with E-state index in [4.69, 9.17) is 5.73 Å². The second kappa shape index (κ2) is 4.40. The van der Waals surface area contributed by atoms with Crippen molar-refractivity contribution in [2.75, 3.05) is 6.54 Å². The molecular weight excluding hydrogens is 247 g/mol. The number of carbonyl (C=O) groups excluding carboxylic acids is 1. The Morgan fingerprint density at radius 1 is 1.29 bits per heavy atom. The van der Waals surface area contributed by atoms with E-state index in [1.54, 1.807) is 0 Å². The average Bonchev–Trinajstić information content (AvgIpc) is 2.14. The highest BCUT2D eigenvalue weighted by atomic mass is 19.4. The Hall–Kier alpha value is -0.920. The number of halogens is 5. The van der Waals surface area contributed by atoms with Crippen LogP contribution in [-0.4, -0.2) is 41.5 Å². The molecule has 3 nitrogen and oxygen atoms in total. The molecule has 0 aromatic heterocycles. The van der Waals surface area contributed by atoms with Gasteiger partial charge in [0.2, 0.25) is 0 Å². The zero-order chi connectivity index (χ0) is 13.4. The smallest absolute Gasteiger partial charge is 0.334 e. The first kappa shape index (κ1) is 14.1. The van der Waals surface area contributed by atoms with Gasteiger partial charge in [0, 0.05) is 18.6 Å². The molecule has 1 fully saturated rings. The number of rotatable bonds is 1. The Balaban J connectivity index is 2.83. The number of amides is 1. The largest absolute Gasteiger partial charge is 0.463 e. The van der Waals surface area contributed by atoms with Crippen LogP contribution in [-0.2, 0) is 4.79 Å². The molecule has 0 bridgehead atoms. The molecule has 2 atom stereocenters. The van der Waals surface area contributed by atoms with Gasteiger partial charge in [-0.15, -0.1) is 0 Å². The van der Waals surface area contributed by atoms with E-state index in [0.717, 1.165) is 0 Å². The number of likely N-dealkylation sites (tertiary alicyclic amines) is 1. The minimum Gasteiger partial charge on any atom is -0.334 e. The number of hydrogen-bond donors (Lipinski definition) is 1. The van der Waals surface area contributed by atoms with Gasteiger partial charge in [0.15, 0.2) is 0 Å². The lowest BCUT2D eigenvalue weighted by Gasteiger charge is -2.38. The number of carbonyl (C=O) groups is 1. The van der Waals surface area contributed by atoms with Gasteiger partial charge >= 0.3 is 18.0 Å². The molecule has 0 radical (unpaired) electrons.